The molecule has 0 spiro atoms. The van der Waals surface area contributed by atoms with E-state index in [4.69, 9.17) is 5.11 Å². The Balaban J connectivity index is 0.00000306. The van der Waals surface area contributed by atoms with Crippen LogP contribution in [0.15, 0.2) is 34.7 Å². The van der Waals surface area contributed by atoms with Gasteiger partial charge in [0.2, 0.25) is 0 Å². The number of aliphatic hydroxyl groups is 1. The van der Waals surface area contributed by atoms with Crippen LogP contribution in [0.1, 0.15) is 56.5 Å². The number of hydrogen-bond acceptors (Lipinski definition) is 8. The molecular weight excluding hydrogens is 448 g/mol. The third-order valence-electron chi connectivity index (χ3n) is 4.59. The van der Waals surface area contributed by atoms with Crippen molar-refractivity contribution in [1.29, 1.82) is 0 Å². The zero-order valence-corrected chi connectivity index (χ0v) is 19.7. The minimum absolute atomic E-state index is 0. The number of aliphatic hydroxyl groups excluding tert-OH is 1. The summed E-state index contributed by atoms with van der Waals surface area (Å²) in [6, 6.07) is 5.22. The van der Waals surface area contributed by atoms with Crippen molar-refractivity contribution >= 4 is 39.1 Å². The number of hydrogen-bond donors (Lipinski definition) is 4. The molecule has 0 radical (unpaired) electrons. The molecule has 0 atom stereocenters. The van der Waals surface area contributed by atoms with Crippen LogP contribution in [-0.4, -0.2) is 45.8 Å². The first-order chi connectivity index (χ1) is 15.1. The lowest BCUT2D eigenvalue weighted by Crippen LogP contribution is -2.40. The average molecular weight is 483 g/mol. The highest BCUT2D eigenvalue weighted by Crippen LogP contribution is 2.40. The number of aromatic amines is 1. The number of nitrogens with one attached hydrogen (secondary N) is 3. The van der Waals surface area contributed by atoms with Gasteiger partial charge in [0.1, 0.15) is 10.0 Å². The van der Waals surface area contributed by atoms with Gasteiger partial charge in [-0.15, -0.1) is 11.3 Å². The van der Waals surface area contributed by atoms with E-state index in [1.165, 1.54) is 0 Å². The Bertz CT molecular complexity index is 1250. The predicted molar refractivity (Wildman–Crippen MR) is 134 cm³/mol. The second-order valence-corrected chi connectivity index (χ2v) is 11.7. The molecule has 0 saturated heterocycles. The van der Waals surface area contributed by atoms with Gasteiger partial charge in [0, 0.05) is 40.7 Å². The number of aromatic nitrogens is 4. The van der Waals surface area contributed by atoms with Crippen LogP contribution in [0.2, 0.25) is 0 Å². The van der Waals surface area contributed by atoms with Crippen molar-refractivity contribution in [3.05, 3.63) is 41.7 Å². The van der Waals surface area contributed by atoms with E-state index in [9.17, 15) is 8.42 Å². The van der Waals surface area contributed by atoms with Gasteiger partial charge in [-0.1, -0.05) is 12.2 Å². The Hall–Kier alpha value is -2.60. The first-order valence-electron chi connectivity index (χ1n) is 10.3. The molecule has 3 aromatic rings. The smallest absolute Gasteiger partial charge is 0.250 e. The van der Waals surface area contributed by atoms with Crippen LogP contribution in [0.4, 0.5) is 11.6 Å². The highest BCUT2D eigenvalue weighted by molar-refractivity contribution is 7.91. The van der Waals surface area contributed by atoms with Crippen LogP contribution >= 0.6 is 11.3 Å². The van der Waals surface area contributed by atoms with Crippen LogP contribution in [0.25, 0.3) is 16.8 Å². The zero-order chi connectivity index (χ0) is 22.9. The van der Waals surface area contributed by atoms with E-state index < -0.39 is 15.6 Å². The van der Waals surface area contributed by atoms with Gasteiger partial charge in [-0.2, -0.15) is 5.10 Å². The van der Waals surface area contributed by atoms with Crippen LogP contribution in [0.5, 0.6) is 0 Å². The normalized spacial score (nSPS) is 14.9. The molecule has 0 aromatic carbocycles. The first-order valence-corrected chi connectivity index (χ1v) is 12.6. The quantitative estimate of drug-likeness (QED) is 0.368. The van der Waals surface area contributed by atoms with Crippen LogP contribution in [0, 0.1) is 0 Å². The first kappa shape index (κ1) is 22.6. The molecule has 1 saturated carbocycles. The maximum atomic E-state index is 12.6. The molecule has 1 fully saturated rings. The average Bonchev–Trinajstić information content (AvgIpc) is 3.23. The minimum atomic E-state index is -3.64. The number of nitrogens with zero attached hydrogens (tertiary/aromatic N) is 3. The van der Waals surface area contributed by atoms with E-state index in [-0.39, 0.29) is 16.5 Å². The lowest BCUT2D eigenvalue weighted by Gasteiger charge is -2.19. The van der Waals surface area contributed by atoms with Crippen molar-refractivity contribution in [2.75, 3.05) is 11.9 Å². The molecule has 3 heterocycles. The van der Waals surface area contributed by atoms with E-state index in [0.717, 1.165) is 29.9 Å². The number of sulfonamides is 1. The highest BCUT2D eigenvalue weighted by Gasteiger charge is 2.26. The molecular formula is C21H34N6O3S2. The Morgan fingerprint density at radius 2 is 2.12 bits per heavy atom. The van der Waals surface area contributed by atoms with Gasteiger partial charge in [-0.3, -0.25) is 5.10 Å². The summed E-state index contributed by atoms with van der Waals surface area (Å²) < 4.78 is 28.1. The Labute approximate surface area is 197 Å². The van der Waals surface area contributed by atoms with Gasteiger partial charge in [0.15, 0.2) is 11.6 Å². The molecule has 0 aliphatic heterocycles. The molecule has 4 N–H and O–H groups in total. The summed E-state index contributed by atoms with van der Waals surface area (Å²) in [6.07, 6.45) is 7.28. The highest BCUT2D eigenvalue weighted by atomic mass is 32.2. The van der Waals surface area contributed by atoms with E-state index in [0.29, 0.717) is 33.8 Å². The van der Waals surface area contributed by atoms with Crippen molar-refractivity contribution in [2.24, 2.45) is 0 Å². The van der Waals surface area contributed by atoms with Gasteiger partial charge < -0.3 is 10.4 Å². The van der Waals surface area contributed by atoms with Crippen molar-refractivity contribution < 1.29 is 19.2 Å². The van der Waals surface area contributed by atoms with E-state index in [1.807, 2.05) is 6.07 Å². The number of H-pyrrole nitrogens is 1. The maximum absolute atomic E-state index is 12.6. The Kier molecular flexibility index (Phi) is 6.17. The molecule has 0 unspecified atom stereocenters. The number of rotatable bonds is 8. The number of anilines is 2. The van der Waals surface area contributed by atoms with Gasteiger partial charge >= 0.3 is 0 Å². The second kappa shape index (κ2) is 8.74. The van der Waals surface area contributed by atoms with Crippen LogP contribution in [-0.2, 0) is 10.0 Å². The monoisotopic (exact) mass is 482 g/mol. The zero-order valence-electron chi connectivity index (χ0n) is 18.1. The van der Waals surface area contributed by atoms with Gasteiger partial charge in [0.05, 0.1) is 11.5 Å². The molecule has 4 rings (SSSR count). The molecule has 1 aliphatic carbocycles. The van der Waals surface area contributed by atoms with Crippen molar-refractivity contribution in [3.8, 4) is 10.7 Å². The lowest BCUT2D eigenvalue weighted by molar-refractivity contribution is 0.343. The lowest BCUT2D eigenvalue weighted by atomic mass is 10.1. The van der Waals surface area contributed by atoms with Crippen molar-refractivity contribution in [3.63, 3.8) is 0 Å². The van der Waals surface area contributed by atoms with Gasteiger partial charge in [-0.05, 0) is 45.7 Å². The molecule has 1 aliphatic rings. The summed E-state index contributed by atoms with van der Waals surface area (Å²) in [5.41, 5.74) is 1.19. The second-order valence-electron chi connectivity index (χ2n) is 8.66. The topological polar surface area (TPSA) is 133 Å². The van der Waals surface area contributed by atoms with Crippen molar-refractivity contribution in [1.82, 2.24) is 24.9 Å². The predicted octanol–water partition coefficient (Wildman–Crippen LogP) is 4.62. The molecule has 178 valence electrons. The van der Waals surface area contributed by atoms with Crippen molar-refractivity contribution in [2.45, 2.75) is 49.3 Å². The van der Waals surface area contributed by atoms with Crippen LogP contribution in [0.3, 0.4) is 0 Å². The summed E-state index contributed by atoms with van der Waals surface area (Å²) in [4.78, 5) is 9.64. The fourth-order valence-corrected chi connectivity index (χ4v) is 5.74. The fraction of sp³-hybridized carbons (Fsp3) is 0.381. The summed E-state index contributed by atoms with van der Waals surface area (Å²) >= 11 is 1.11. The third kappa shape index (κ3) is 5.41. The molecule has 11 heteroatoms. The van der Waals surface area contributed by atoms with E-state index >= 15 is 0 Å². The number of thiophene rings is 1. The van der Waals surface area contributed by atoms with Crippen LogP contribution < -0.4 is 10.0 Å². The summed E-state index contributed by atoms with van der Waals surface area (Å²) in [5, 5.41) is 19.7. The molecule has 9 nitrogen and oxygen atoms in total. The molecule has 3 aromatic heterocycles. The summed E-state index contributed by atoms with van der Waals surface area (Å²) in [7, 11) is -3.64. The SMILES string of the molecule is CC(C)(C)NS(=O)(=O)c1ccc(-c2ncc(/C=C/CO)c(Nc3cc(C4CC4)[nH]n3)n2)s1.[HH].[HH].[HH].[HH]. The third-order valence-corrected chi connectivity index (χ3v) is 7.92. The summed E-state index contributed by atoms with van der Waals surface area (Å²) in [6.45, 7) is 5.27. The largest absolute Gasteiger partial charge is 0.392 e. The molecule has 0 amide bonds. The fourth-order valence-electron chi connectivity index (χ4n) is 3.08. The van der Waals surface area contributed by atoms with Gasteiger partial charge in [0.25, 0.3) is 10.0 Å². The Morgan fingerprint density at radius 3 is 2.81 bits per heavy atom. The molecule has 0 bridgehead atoms. The molecule has 32 heavy (non-hydrogen) atoms. The summed E-state index contributed by atoms with van der Waals surface area (Å²) in [5.74, 6) is 2.09. The Morgan fingerprint density at radius 1 is 1.34 bits per heavy atom. The van der Waals surface area contributed by atoms with E-state index in [2.05, 4.69) is 30.2 Å². The van der Waals surface area contributed by atoms with E-state index in [1.54, 1.807) is 51.3 Å². The minimum Gasteiger partial charge on any atom is -0.392 e. The van der Waals surface area contributed by atoms with Gasteiger partial charge in [-0.25, -0.2) is 23.1 Å². The maximum Gasteiger partial charge on any atom is 0.250 e. The standard InChI is InChI=1S/C21H26N6O3S2.4H2/c1-21(2,3)27-32(29,30)18-9-8-16(31-18)20-22-12-14(5-4-10-28)19(24-20)23-17-11-15(25-26-17)13-6-7-13;;;;/h4-5,8-9,11-13,27-28H,6-7,10H2,1-3H3,(H2,22,23,24,25,26);4*1H/b5-4+;;;;.